The molecule has 0 radical (unpaired) electrons. The van der Waals surface area contributed by atoms with Crippen molar-refractivity contribution in [3.63, 3.8) is 0 Å². The molecule has 1 aliphatic rings. The summed E-state index contributed by atoms with van der Waals surface area (Å²) in [6.45, 7) is 2.38. The standard InChI is InChI=1S/C30H31F6NO3/c31-29(32,33)24-15-22(16-25(17-24)30(34,35)36)20-40-28-18-37-12-11-27(28)23-7-9-26(10-8-23)39-14-4-13-38-19-21-5-2-1-3-6-21/h1-3,5-10,15-17,27-28,37H,4,11-14,18-20H2. The van der Waals surface area contributed by atoms with Crippen molar-refractivity contribution in [2.45, 2.75) is 50.4 Å². The number of halogens is 6. The van der Waals surface area contributed by atoms with E-state index in [2.05, 4.69) is 5.32 Å². The van der Waals surface area contributed by atoms with Gasteiger partial charge < -0.3 is 19.5 Å². The molecule has 1 N–H and O–H groups in total. The second kappa shape index (κ2) is 13.5. The summed E-state index contributed by atoms with van der Waals surface area (Å²) in [4.78, 5) is 0. The van der Waals surface area contributed by atoms with Crippen LogP contribution in [0.3, 0.4) is 0 Å². The minimum absolute atomic E-state index is 0.0745. The summed E-state index contributed by atoms with van der Waals surface area (Å²) >= 11 is 0. The summed E-state index contributed by atoms with van der Waals surface area (Å²) in [6, 6.07) is 19.0. The normalized spacial score (nSPS) is 18.1. The van der Waals surface area contributed by atoms with Crippen molar-refractivity contribution in [1.82, 2.24) is 5.32 Å². The Balaban J connectivity index is 1.30. The summed E-state index contributed by atoms with van der Waals surface area (Å²) < 4.78 is 96.6. The van der Waals surface area contributed by atoms with Gasteiger partial charge in [0, 0.05) is 18.9 Å². The topological polar surface area (TPSA) is 39.7 Å². The quantitative estimate of drug-likeness (QED) is 0.194. The maximum atomic E-state index is 13.2. The van der Waals surface area contributed by atoms with Crippen molar-refractivity contribution in [2.75, 3.05) is 26.3 Å². The maximum absolute atomic E-state index is 13.2. The van der Waals surface area contributed by atoms with Crippen LogP contribution in [0.4, 0.5) is 26.3 Å². The van der Waals surface area contributed by atoms with Crippen LogP contribution in [0.15, 0.2) is 72.8 Å². The number of nitrogens with one attached hydrogen (secondary N) is 1. The van der Waals surface area contributed by atoms with Gasteiger partial charge in [0.1, 0.15) is 5.75 Å². The maximum Gasteiger partial charge on any atom is 0.416 e. The van der Waals surface area contributed by atoms with Crippen LogP contribution >= 0.6 is 0 Å². The van der Waals surface area contributed by atoms with E-state index in [0.29, 0.717) is 57.2 Å². The molecule has 1 heterocycles. The molecule has 40 heavy (non-hydrogen) atoms. The number of ether oxygens (including phenoxy) is 3. The minimum atomic E-state index is -4.90. The van der Waals surface area contributed by atoms with Crippen LogP contribution in [0.1, 0.15) is 46.6 Å². The molecule has 0 aliphatic carbocycles. The lowest BCUT2D eigenvalue weighted by molar-refractivity contribution is -0.143. The molecule has 1 saturated heterocycles. The molecule has 4 rings (SSSR count). The number of hydrogen-bond donors (Lipinski definition) is 1. The minimum Gasteiger partial charge on any atom is -0.494 e. The molecule has 3 aromatic carbocycles. The van der Waals surface area contributed by atoms with Gasteiger partial charge in [-0.25, -0.2) is 0 Å². The van der Waals surface area contributed by atoms with Gasteiger partial charge in [0.2, 0.25) is 0 Å². The summed E-state index contributed by atoms with van der Waals surface area (Å²) in [5.41, 5.74) is -0.802. The van der Waals surface area contributed by atoms with Gasteiger partial charge in [-0.1, -0.05) is 42.5 Å². The van der Waals surface area contributed by atoms with E-state index in [9.17, 15) is 26.3 Å². The Morgan fingerprint density at radius 3 is 2.08 bits per heavy atom. The predicted molar refractivity (Wildman–Crippen MR) is 138 cm³/mol. The van der Waals surface area contributed by atoms with Crippen LogP contribution in [-0.4, -0.2) is 32.4 Å². The first-order valence-corrected chi connectivity index (χ1v) is 13.0. The average molecular weight is 568 g/mol. The fourth-order valence-electron chi connectivity index (χ4n) is 4.62. The second-order valence-corrected chi connectivity index (χ2v) is 9.67. The van der Waals surface area contributed by atoms with Crippen molar-refractivity contribution >= 4 is 0 Å². The third-order valence-electron chi connectivity index (χ3n) is 6.66. The van der Waals surface area contributed by atoms with Crippen molar-refractivity contribution < 1.29 is 40.6 Å². The highest BCUT2D eigenvalue weighted by molar-refractivity contribution is 5.34. The molecule has 2 unspecified atom stereocenters. The molecule has 0 aromatic heterocycles. The molecule has 216 valence electrons. The van der Waals surface area contributed by atoms with E-state index in [4.69, 9.17) is 14.2 Å². The highest BCUT2D eigenvalue weighted by Crippen LogP contribution is 2.37. The zero-order valence-electron chi connectivity index (χ0n) is 21.7. The van der Waals surface area contributed by atoms with Crippen LogP contribution in [0.5, 0.6) is 5.75 Å². The molecule has 1 fully saturated rings. The van der Waals surface area contributed by atoms with Crippen molar-refractivity contribution in [3.8, 4) is 5.75 Å². The van der Waals surface area contributed by atoms with E-state index in [1.807, 2.05) is 54.6 Å². The Morgan fingerprint density at radius 2 is 1.43 bits per heavy atom. The first kappa shape index (κ1) is 29.9. The first-order valence-electron chi connectivity index (χ1n) is 13.0. The first-order chi connectivity index (χ1) is 19.1. The Labute approximate surface area is 229 Å². The Morgan fingerprint density at radius 1 is 0.750 bits per heavy atom. The lowest BCUT2D eigenvalue weighted by atomic mass is 9.87. The van der Waals surface area contributed by atoms with Gasteiger partial charge in [-0.2, -0.15) is 26.3 Å². The molecule has 2 atom stereocenters. The molecule has 10 heteroatoms. The van der Waals surface area contributed by atoms with Crippen molar-refractivity contribution in [1.29, 1.82) is 0 Å². The van der Waals surface area contributed by atoms with Gasteiger partial charge in [0.25, 0.3) is 0 Å². The molecule has 0 bridgehead atoms. The molecule has 0 saturated carbocycles. The van der Waals surface area contributed by atoms with E-state index < -0.39 is 29.6 Å². The Kier molecular flexibility index (Phi) is 10.1. The molecular weight excluding hydrogens is 536 g/mol. The fraction of sp³-hybridized carbons (Fsp3) is 0.400. The van der Waals surface area contributed by atoms with E-state index in [1.54, 1.807) is 0 Å². The number of piperidine rings is 1. The van der Waals surface area contributed by atoms with Crippen LogP contribution in [0.25, 0.3) is 0 Å². The number of rotatable bonds is 11. The Bertz CT molecular complexity index is 1170. The molecule has 4 nitrogen and oxygen atoms in total. The molecule has 0 amide bonds. The monoisotopic (exact) mass is 567 g/mol. The smallest absolute Gasteiger partial charge is 0.416 e. The average Bonchev–Trinajstić information content (AvgIpc) is 2.94. The van der Waals surface area contributed by atoms with Gasteiger partial charge >= 0.3 is 12.4 Å². The lowest BCUT2D eigenvalue weighted by Gasteiger charge is -2.32. The van der Waals surface area contributed by atoms with Crippen LogP contribution in [-0.2, 0) is 35.0 Å². The summed E-state index contributed by atoms with van der Waals surface area (Å²) in [6.07, 6.45) is -8.79. The number of benzene rings is 3. The van der Waals surface area contributed by atoms with Crippen molar-refractivity contribution in [2.24, 2.45) is 0 Å². The predicted octanol–water partition coefficient (Wildman–Crippen LogP) is 7.37. The van der Waals surface area contributed by atoms with Crippen molar-refractivity contribution in [3.05, 3.63) is 101 Å². The molecule has 0 spiro atoms. The molecule has 3 aromatic rings. The van der Waals surface area contributed by atoms with Crippen LogP contribution in [0.2, 0.25) is 0 Å². The number of alkyl halides is 6. The zero-order valence-corrected chi connectivity index (χ0v) is 21.7. The van der Waals surface area contributed by atoms with Gasteiger partial charge in [0.05, 0.1) is 43.7 Å². The van der Waals surface area contributed by atoms with E-state index >= 15 is 0 Å². The van der Waals surface area contributed by atoms with Crippen LogP contribution < -0.4 is 10.1 Å². The summed E-state index contributed by atoms with van der Waals surface area (Å²) in [7, 11) is 0. The molecule has 1 aliphatic heterocycles. The number of hydrogen-bond acceptors (Lipinski definition) is 4. The SMILES string of the molecule is FC(F)(F)c1cc(COC2CNCCC2c2ccc(OCCCOCc3ccccc3)cc2)cc(C(F)(F)F)c1. The lowest BCUT2D eigenvalue weighted by Crippen LogP contribution is -2.41. The van der Waals surface area contributed by atoms with Gasteiger partial charge in [-0.3, -0.25) is 0 Å². The fourth-order valence-corrected chi connectivity index (χ4v) is 4.62. The molecular formula is C30H31F6NO3. The highest BCUT2D eigenvalue weighted by atomic mass is 19.4. The van der Waals surface area contributed by atoms with Gasteiger partial charge in [0.15, 0.2) is 0 Å². The van der Waals surface area contributed by atoms with Crippen LogP contribution in [0, 0.1) is 0 Å². The van der Waals surface area contributed by atoms with Gasteiger partial charge in [-0.05, 0) is 60.0 Å². The van der Waals surface area contributed by atoms with E-state index in [1.165, 1.54) is 0 Å². The highest BCUT2D eigenvalue weighted by Gasteiger charge is 2.37. The second-order valence-electron chi connectivity index (χ2n) is 9.67. The Hall–Kier alpha value is -3.08. The third-order valence-corrected chi connectivity index (χ3v) is 6.66. The van der Waals surface area contributed by atoms with E-state index in [0.717, 1.165) is 17.5 Å². The summed E-state index contributed by atoms with van der Waals surface area (Å²) in [5.74, 6) is 0.622. The third kappa shape index (κ3) is 8.71. The summed E-state index contributed by atoms with van der Waals surface area (Å²) in [5, 5.41) is 3.19. The van der Waals surface area contributed by atoms with Gasteiger partial charge in [-0.15, -0.1) is 0 Å². The largest absolute Gasteiger partial charge is 0.494 e. The zero-order chi connectivity index (χ0) is 28.6. The van der Waals surface area contributed by atoms with E-state index in [-0.39, 0.29) is 24.2 Å².